The van der Waals surface area contributed by atoms with Crippen LogP contribution in [-0.4, -0.2) is 23.9 Å². The molecular weight excluding hydrogens is 350 g/mol. The van der Waals surface area contributed by atoms with Gasteiger partial charge in [-0.1, -0.05) is 30.3 Å². The van der Waals surface area contributed by atoms with Crippen LogP contribution in [0.2, 0.25) is 0 Å². The third-order valence-corrected chi connectivity index (χ3v) is 4.60. The molecule has 0 radical (unpaired) electrons. The van der Waals surface area contributed by atoms with Gasteiger partial charge >= 0.3 is 0 Å². The summed E-state index contributed by atoms with van der Waals surface area (Å²) in [6, 6.07) is 16.0. The summed E-state index contributed by atoms with van der Waals surface area (Å²) in [6.45, 7) is 1.84. The lowest BCUT2D eigenvalue weighted by atomic mass is 10.1. The van der Waals surface area contributed by atoms with Gasteiger partial charge in [-0.15, -0.1) is 11.3 Å². The monoisotopic (exact) mass is 367 g/mol. The molecule has 0 saturated carbocycles. The summed E-state index contributed by atoms with van der Waals surface area (Å²) < 4.78 is 5.06. The van der Waals surface area contributed by atoms with E-state index in [-0.39, 0.29) is 0 Å². The van der Waals surface area contributed by atoms with Crippen LogP contribution >= 0.6 is 11.3 Å². The molecule has 2 aromatic carbocycles. The quantitative estimate of drug-likeness (QED) is 0.694. The Morgan fingerprint density at radius 3 is 2.27 bits per heavy atom. The summed E-state index contributed by atoms with van der Waals surface area (Å²) >= 11 is 1.28. The summed E-state index contributed by atoms with van der Waals surface area (Å²) in [5, 5.41) is 0.774. The first-order chi connectivity index (χ1) is 12.6. The van der Waals surface area contributed by atoms with E-state index in [4.69, 9.17) is 4.74 Å². The van der Waals surface area contributed by atoms with Gasteiger partial charge in [0, 0.05) is 11.1 Å². The smallest absolute Gasteiger partial charge is 0.282 e. The van der Waals surface area contributed by atoms with E-state index in [1.165, 1.54) is 11.3 Å². The van der Waals surface area contributed by atoms with Crippen molar-refractivity contribution in [2.45, 2.75) is 6.92 Å². The van der Waals surface area contributed by atoms with Crippen molar-refractivity contribution in [2.24, 2.45) is 0 Å². The number of thiazole rings is 1. The molecule has 3 rings (SSSR count). The summed E-state index contributed by atoms with van der Waals surface area (Å²) in [6.07, 6.45) is 0. The molecule has 0 saturated heterocycles. The fourth-order valence-corrected chi connectivity index (χ4v) is 3.19. The van der Waals surface area contributed by atoms with Gasteiger partial charge in [-0.25, -0.2) is 4.98 Å². The minimum atomic E-state index is -0.413. The highest BCUT2D eigenvalue weighted by molar-refractivity contribution is 7.14. The van der Waals surface area contributed by atoms with Gasteiger partial charge in [-0.05, 0) is 31.2 Å². The minimum absolute atomic E-state index is 0.406. The van der Waals surface area contributed by atoms with Crippen molar-refractivity contribution >= 4 is 23.2 Å². The second-order valence-corrected chi connectivity index (χ2v) is 6.62. The number of rotatable bonds is 4. The molecule has 0 aliphatic rings. The first-order valence-electron chi connectivity index (χ1n) is 7.86. The zero-order valence-corrected chi connectivity index (χ0v) is 15.1. The number of hydrogen-bond donors (Lipinski definition) is 2. The number of carbonyl (C=O) groups excluding carboxylic acids is 2. The zero-order chi connectivity index (χ0) is 18.5. The molecule has 2 N–H and O–H groups in total. The third kappa shape index (κ3) is 3.89. The molecule has 0 bridgehead atoms. The second-order valence-electron chi connectivity index (χ2n) is 5.41. The number of benzene rings is 2. The van der Waals surface area contributed by atoms with Crippen LogP contribution in [0.25, 0.3) is 11.3 Å². The van der Waals surface area contributed by atoms with Gasteiger partial charge in [0.1, 0.15) is 10.6 Å². The van der Waals surface area contributed by atoms with Gasteiger partial charge in [0.25, 0.3) is 11.8 Å². The molecule has 7 heteroatoms. The van der Waals surface area contributed by atoms with Crippen LogP contribution in [0.4, 0.5) is 0 Å². The Balaban J connectivity index is 1.71. The van der Waals surface area contributed by atoms with Crippen molar-refractivity contribution < 1.29 is 14.3 Å². The Morgan fingerprint density at radius 1 is 0.962 bits per heavy atom. The molecule has 1 heterocycles. The Labute approximate surface area is 154 Å². The first kappa shape index (κ1) is 17.6. The first-order valence-corrected chi connectivity index (χ1v) is 8.67. The van der Waals surface area contributed by atoms with E-state index in [0.29, 0.717) is 21.9 Å². The van der Waals surface area contributed by atoms with E-state index < -0.39 is 11.8 Å². The average Bonchev–Trinajstić information content (AvgIpc) is 3.08. The van der Waals surface area contributed by atoms with Crippen molar-refractivity contribution in [1.29, 1.82) is 0 Å². The molecule has 0 aliphatic carbocycles. The van der Waals surface area contributed by atoms with Gasteiger partial charge in [0.15, 0.2) is 0 Å². The number of hydrogen-bond acceptors (Lipinski definition) is 5. The molecule has 1 aromatic heterocycles. The van der Waals surface area contributed by atoms with Crippen molar-refractivity contribution in [3.63, 3.8) is 0 Å². The van der Waals surface area contributed by atoms with Crippen LogP contribution in [0, 0.1) is 6.92 Å². The van der Waals surface area contributed by atoms with Gasteiger partial charge in [0.05, 0.1) is 17.8 Å². The molecule has 0 fully saturated rings. The maximum absolute atomic E-state index is 12.5. The zero-order valence-electron chi connectivity index (χ0n) is 14.3. The minimum Gasteiger partial charge on any atom is -0.497 e. The van der Waals surface area contributed by atoms with Crippen LogP contribution < -0.4 is 15.6 Å². The normalized spacial score (nSPS) is 10.2. The van der Waals surface area contributed by atoms with E-state index in [1.807, 2.05) is 37.3 Å². The molecular formula is C19H17N3O3S. The average molecular weight is 367 g/mol. The summed E-state index contributed by atoms with van der Waals surface area (Å²) in [5.41, 5.74) is 6.74. The van der Waals surface area contributed by atoms with Gasteiger partial charge < -0.3 is 4.74 Å². The van der Waals surface area contributed by atoms with Crippen molar-refractivity contribution in [3.05, 3.63) is 70.0 Å². The van der Waals surface area contributed by atoms with E-state index in [0.717, 1.165) is 10.6 Å². The topological polar surface area (TPSA) is 80.3 Å². The number of amides is 2. The Bertz CT molecular complexity index is 921. The maximum Gasteiger partial charge on any atom is 0.282 e. The SMILES string of the molecule is COc1ccc(C(=O)NNC(=O)c2sc(C)nc2-c2ccccc2)cc1. The third-order valence-electron chi connectivity index (χ3n) is 3.63. The summed E-state index contributed by atoms with van der Waals surface area (Å²) in [5.74, 6) is -0.168. The number of aryl methyl sites for hydroxylation is 1. The number of nitrogens with zero attached hydrogens (tertiary/aromatic N) is 1. The van der Waals surface area contributed by atoms with Gasteiger partial charge in [0.2, 0.25) is 0 Å². The lowest BCUT2D eigenvalue weighted by Crippen LogP contribution is -2.41. The fraction of sp³-hybridized carbons (Fsp3) is 0.105. The van der Waals surface area contributed by atoms with E-state index in [9.17, 15) is 9.59 Å². The second kappa shape index (κ2) is 7.79. The van der Waals surface area contributed by atoms with E-state index >= 15 is 0 Å². The number of ether oxygens (including phenoxy) is 1. The molecule has 6 nitrogen and oxygen atoms in total. The molecule has 3 aromatic rings. The highest BCUT2D eigenvalue weighted by Crippen LogP contribution is 2.27. The predicted octanol–water partition coefficient (Wildman–Crippen LogP) is 3.20. The highest BCUT2D eigenvalue weighted by Gasteiger charge is 2.18. The van der Waals surface area contributed by atoms with Crippen LogP contribution in [-0.2, 0) is 0 Å². The maximum atomic E-state index is 12.5. The van der Waals surface area contributed by atoms with Crippen LogP contribution in [0.3, 0.4) is 0 Å². The van der Waals surface area contributed by atoms with Gasteiger partial charge in [-0.3, -0.25) is 20.4 Å². The van der Waals surface area contributed by atoms with Crippen LogP contribution in [0.5, 0.6) is 5.75 Å². The number of hydrazine groups is 1. The number of carbonyl (C=O) groups is 2. The van der Waals surface area contributed by atoms with Crippen LogP contribution in [0.15, 0.2) is 54.6 Å². The highest BCUT2D eigenvalue weighted by atomic mass is 32.1. The molecule has 0 unspecified atom stereocenters. The Morgan fingerprint density at radius 2 is 1.62 bits per heavy atom. The standard InChI is InChI=1S/C19H17N3O3S/c1-12-20-16(13-6-4-3-5-7-13)17(26-12)19(24)22-21-18(23)14-8-10-15(25-2)11-9-14/h3-11H,1-2H3,(H,21,23)(H,22,24). The van der Waals surface area contributed by atoms with Gasteiger partial charge in [-0.2, -0.15) is 0 Å². The number of nitrogens with one attached hydrogen (secondary N) is 2. The molecule has 0 aliphatic heterocycles. The van der Waals surface area contributed by atoms with Crippen molar-refractivity contribution in [3.8, 4) is 17.0 Å². The molecule has 0 spiro atoms. The number of methoxy groups -OCH3 is 1. The summed E-state index contributed by atoms with van der Waals surface area (Å²) in [4.78, 5) is 29.6. The lowest BCUT2D eigenvalue weighted by Gasteiger charge is -2.08. The predicted molar refractivity (Wildman–Crippen MR) is 100 cm³/mol. The Kier molecular flexibility index (Phi) is 5.28. The van der Waals surface area contributed by atoms with E-state index in [1.54, 1.807) is 31.4 Å². The Hall–Kier alpha value is -3.19. The number of aromatic nitrogens is 1. The van der Waals surface area contributed by atoms with Crippen molar-refractivity contribution in [2.75, 3.05) is 7.11 Å². The fourth-order valence-electron chi connectivity index (χ4n) is 2.36. The van der Waals surface area contributed by atoms with E-state index in [2.05, 4.69) is 15.8 Å². The molecule has 132 valence electrons. The lowest BCUT2D eigenvalue weighted by molar-refractivity contribution is 0.0849. The molecule has 0 atom stereocenters. The van der Waals surface area contributed by atoms with Crippen molar-refractivity contribution in [1.82, 2.24) is 15.8 Å². The summed E-state index contributed by atoms with van der Waals surface area (Å²) in [7, 11) is 1.55. The molecule has 26 heavy (non-hydrogen) atoms. The largest absolute Gasteiger partial charge is 0.497 e. The molecule has 2 amide bonds. The van der Waals surface area contributed by atoms with Crippen LogP contribution in [0.1, 0.15) is 25.0 Å².